The van der Waals surface area contributed by atoms with Crippen LogP contribution < -0.4 is 9.80 Å². The molecular formula is C50H50N2. The largest absolute Gasteiger partial charge is 0.310 e. The van der Waals surface area contributed by atoms with E-state index in [4.69, 9.17) is 0 Å². The number of hydrogen-bond donors (Lipinski definition) is 0. The molecule has 6 aromatic rings. The summed E-state index contributed by atoms with van der Waals surface area (Å²) in [4.78, 5) is 4.85. The molecule has 0 radical (unpaired) electrons. The molecule has 0 N–H and O–H groups in total. The lowest BCUT2D eigenvalue weighted by atomic mass is 9.42. The molecule has 0 aliphatic heterocycles. The van der Waals surface area contributed by atoms with E-state index in [0.717, 1.165) is 11.8 Å². The molecule has 0 saturated heterocycles. The molecule has 0 unspecified atom stereocenters. The summed E-state index contributed by atoms with van der Waals surface area (Å²) in [5, 5.41) is 0. The highest BCUT2D eigenvalue weighted by Gasteiger charge is 2.58. The Balaban J connectivity index is 1.15. The SMILES string of the molecule is Cc1cccc(N(c2ccc(C3(c4ccc(N(c5cccc(C)c5)c5cccc(C)c5)cc4)C4CC5CC(C4)CC3C5)cc2)c2cccc(C)c2)c1. The van der Waals surface area contributed by atoms with Crippen molar-refractivity contribution in [2.45, 2.75) is 65.2 Å². The lowest BCUT2D eigenvalue weighted by Crippen LogP contribution is -2.56. The van der Waals surface area contributed by atoms with Crippen LogP contribution in [0.5, 0.6) is 0 Å². The highest BCUT2D eigenvalue weighted by molar-refractivity contribution is 5.79. The van der Waals surface area contributed by atoms with Gasteiger partial charge in [-0.25, -0.2) is 0 Å². The van der Waals surface area contributed by atoms with Gasteiger partial charge >= 0.3 is 0 Å². The molecule has 2 heteroatoms. The second-order valence-corrected chi connectivity index (χ2v) is 16.3. The number of nitrogens with zero attached hydrogens (tertiary/aromatic N) is 2. The van der Waals surface area contributed by atoms with Crippen molar-refractivity contribution in [3.63, 3.8) is 0 Å². The fraction of sp³-hybridized carbons (Fsp3) is 0.280. The van der Waals surface area contributed by atoms with Crippen molar-refractivity contribution in [1.29, 1.82) is 0 Å². The van der Waals surface area contributed by atoms with Gasteiger partial charge in [0.1, 0.15) is 0 Å². The van der Waals surface area contributed by atoms with Crippen molar-refractivity contribution in [2.75, 3.05) is 9.80 Å². The van der Waals surface area contributed by atoms with Crippen LogP contribution in [0.15, 0.2) is 146 Å². The molecular weight excluding hydrogens is 629 g/mol. The highest BCUT2D eigenvalue weighted by atomic mass is 15.1. The molecule has 4 saturated carbocycles. The molecule has 4 aliphatic carbocycles. The average molecular weight is 679 g/mol. The molecule has 0 heterocycles. The number of rotatable bonds is 8. The van der Waals surface area contributed by atoms with Crippen molar-refractivity contribution in [1.82, 2.24) is 0 Å². The van der Waals surface area contributed by atoms with E-state index in [-0.39, 0.29) is 5.41 Å². The lowest BCUT2D eigenvalue weighted by molar-refractivity contribution is -0.0418. The van der Waals surface area contributed by atoms with E-state index in [1.54, 1.807) is 0 Å². The van der Waals surface area contributed by atoms with Gasteiger partial charge in [-0.15, -0.1) is 0 Å². The zero-order valence-corrected chi connectivity index (χ0v) is 31.1. The predicted octanol–water partition coefficient (Wildman–Crippen LogP) is 13.6. The summed E-state index contributed by atoms with van der Waals surface area (Å²) < 4.78 is 0. The summed E-state index contributed by atoms with van der Waals surface area (Å²) >= 11 is 0. The van der Waals surface area contributed by atoms with Crippen molar-refractivity contribution in [3.05, 3.63) is 179 Å². The van der Waals surface area contributed by atoms with Gasteiger partial charge in [0.15, 0.2) is 0 Å². The van der Waals surface area contributed by atoms with Gasteiger partial charge < -0.3 is 9.80 Å². The van der Waals surface area contributed by atoms with Gasteiger partial charge in [0.05, 0.1) is 0 Å². The van der Waals surface area contributed by atoms with E-state index in [1.165, 1.54) is 99.6 Å². The first kappa shape index (κ1) is 32.8. The molecule has 52 heavy (non-hydrogen) atoms. The van der Waals surface area contributed by atoms with Crippen molar-refractivity contribution in [3.8, 4) is 0 Å². The smallest absolute Gasteiger partial charge is 0.0464 e. The molecule has 2 nitrogen and oxygen atoms in total. The topological polar surface area (TPSA) is 6.48 Å². The molecule has 0 aromatic heterocycles. The number of hydrogen-bond acceptors (Lipinski definition) is 2. The maximum atomic E-state index is 2.50. The average Bonchev–Trinajstić information content (AvgIpc) is 3.13. The summed E-state index contributed by atoms with van der Waals surface area (Å²) in [6.07, 6.45) is 6.87. The van der Waals surface area contributed by atoms with Crippen LogP contribution in [0.1, 0.15) is 65.5 Å². The molecule has 260 valence electrons. The number of benzene rings is 6. The first-order valence-electron chi connectivity index (χ1n) is 19.4. The molecule has 4 aliphatic rings. The van der Waals surface area contributed by atoms with Gasteiger partial charge in [0.25, 0.3) is 0 Å². The minimum absolute atomic E-state index is 0.0273. The second kappa shape index (κ2) is 13.2. The zero-order chi connectivity index (χ0) is 35.4. The molecule has 0 atom stereocenters. The second-order valence-electron chi connectivity index (χ2n) is 16.3. The molecule has 10 rings (SSSR count). The fourth-order valence-electron chi connectivity index (χ4n) is 10.8. The minimum Gasteiger partial charge on any atom is -0.310 e. The summed E-state index contributed by atoms with van der Waals surface area (Å²) in [5.74, 6) is 3.14. The lowest BCUT2D eigenvalue weighted by Gasteiger charge is -2.62. The Bertz CT molecular complexity index is 1950. The Hall–Kier alpha value is -5.08. The molecule has 0 spiro atoms. The van der Waals surface area contributed by atoms with Gasteiger partial charge in [-0.3, -0.25) is 0 Å². The maximum Gasteiger partial charge on any atom is 0.0464 e. The number of anilines is 6. The van der Waals surface area contributed by atoms with Crippen LogP contribution in [0.2, 0.25) is 0 Å². The van der Waals surface area contributed by atoms with Gasteiger partial charge in [-0.2, -0.15) is 0 Å². The van der Waals surface area contributed by atoms with E-state index < -0.39 is 0 Å². The van der Waals surface area contributed by atoms with Crippen molar-refractivity contribution >= 4 is 34.1 Å². The van der Waals surface area contributed by atoms with Gasteiger partial charge in [-0.05, 0) is 190 Å². The van der Waals surface area contributed by atoms with Crippen LogP contribution in [0.4, 0.5) is 34.1 Å². The maximum absolute atomic E-state index is 2.50. The quantitative estimate of drug-likeness (QED) is 0.158. The van der Waals surface area contributed by atoms with Crippen LogP contribution in [-0.4, -0.2) is 0 Å². The van der Waals surface area contributed by atoms with Crippen LogP contribution in [0.25, 0.3) is 0 Å². The predicted molar refractivity (Wildman–Crippen MR) is 219 cm³/mol. The van der Waals surface area contributed by atoms with Crippen molar-refractivity contribution < 1.29 is 0 Å². The Labute approximate surface area is 310 Å². The Morgan fingerprint density at radius 1 is 0.365 bits per heavy atom. The molecule has 4 bridgehead atoms. The molecule has 0 amide bonds. The van der Waals surface area contributed by atoms with E-state index >= 15 is 0 Å². The van der Waals surface area contributed by atoms with Gasteiger partial charge in [0.2, 0.25) is 0 Å². The summed E-state index contributed by atoms with van der Waals surface area (Å²) in [6.45, 7) is 8.74. The summed E-state index contributed by atoms with van der Waals surface area (Å²) in [5.41, 5.74) is 15.3. The Morgan fingerprint density at radius 3 is 0.962 bits per heavy atom. The standard InChI is InChI=1S/C50H50N2/c1-34-9-5-13-46(25-34)51(47-14-6-10-35(2)26-47)44-21-17-40(18-22-44)50(42-30-38-29-39(32-42)33-43(50)31-38)41-19-23-45(24-20-41)52(48-15-7-11-36(3)27-48)49-16-8-12-37(4)28-49/h5-28,38-39,42-43H,29-33H2,1-4H3. The third kappa shape index (κ3) is 5.73. The van der Waals surface area contributed by atoms with Crippen LogP contribution in [-0.2, 0) is 5.41 Å². The Morgan fingerprint density at radius 2 is 0.673 bits per heavy atom. The van der Waals surface area contributed by atoms with Crippen LogP contribution in [0.3, 0.4) is 0 Å². The van der Waals surface area contributed by atoms with Crippen LogP contribution >= 0.6 is 0 Å². The third-order valence-electron chi connectivity index (χ3n) is 12.7. The fourth-order valence-corrected chi connectivity index (χ4v) is 10.8. The first-order chi connectivity index (χ1) is 25.3. The minimum atomic E-state index is 0.0273. The Kier molecular flexibility index (Phi) is 8.30. The summed E-state index contributed by atoms with van der Waals surface area (Å²) in [6, 6.07) is 55.2. The highest BCUT2D eigenvalue weighted by Crippen LogP contribution is 2.65. The van der Waals surface area contributed by atoms with Gasteiger partial charge in [0, 0.05) is 39.5 Å². The molecule has 4 fully saturated rings. The monoisotopic (exact) mass is 678 g/mol. The van der Waals surface area contributed by atoms with Gasteiger partial charge in [-0.1, -0.05) is 72.8 Å². The zero-order valence-electron chi connectivity index (χ0n) is 31.1. The molecule has 6 aromatic carbocycles. The van der Waals surface area contributed by atoms with E-state index in [0.29, 0.717) is 11.8 Å². The normalized spacial score (nSPS) is 21.2. The van der Waals surface area contributed by atoms with Crippen LogP contribution in [0, 0.1) is 51.4 Å². The van der Waals surface area contributed by atoms with E-state index in [2.05, 4.69) is 183 Å². The first-order valence-corrected chi connectivity index (χ1v) is 19.4. The summed E-state index contributed by atoms with van der Waals surface area (Å²) in [7, 11) is 0. The van der Waals surface area contributed by atoms with E-state index in [9.17, 15) is 0 Å². The third-order valence-corrected chi connectivity index (χ3v) is 12.7. The number of aryl methyl sites for hydroxylation is 4. The van der Waals surface area contributed by atoms with Crippen molar-refractivity contribution in [2.24, 2.45) is 23.7 Å². The van der Waals surface area contributed by atoms with E-state index in [1.807, 2.05) is 0 Å².